The molecule has 88 valence electrons. The van der Waals surface area contributed by atoms with Gasteiger partial charge >= 0.3 is 0 Å². The number of methoxy groups -OCH3 is 1. The van der Waals surface area contributed by atoms with Crippen LogP contribution in [0.25, 0.3) is 11.1 Å². The second-order valence-corrected chi connectivity index (χ2v) is 4.18. The lowest BCUT2D eigenvalue weighted by Gasteiger charge is -2.14. The zero-order valence-electron chi connectivity index (χ0n) is 10.3. The van der Waals surface area contributed by atoms with Crippen LogP contribution >= 0.6 is 0 Å². The zero-order valence-corrected chi connectivity index (χ0v) is 10.3. The summed E-state index contributed by atoms with van der Waals surface area (Å²) in [5.41, 5.74) is 4.01. The molecule has 0 aliphatic heterocycles. The zero-order chi connectivity index (χ0) is 12.4. The molecular weight excluding hydrogens is 212 g/mol. The number of aromatic hydroxyl groups is 1. The van der Waals surface area contributed by atoms with E-state index in [0.29, 0.717) is 0 Å². The van der Waals surface area contributed by atoms with Crippen molar-refractivity contribution in [3.8, 4) is 22.6 Å². The molecule has 0 aliphatic rings. The van der Waals surface area contributed by atoms with Gasteiger partial charge in [-0.15, -0.1) is 0 Å². The summed E-state index contributed by atoms with van der Waals surface area (Å²) in [4.78, 5) is 0. The summed E-state index contributed by atoms with van der Waals surface area (Å²) in [6, 6.07) is 11.4. The molecule has 0 saturated carbocycles. The Hall–Kier alpha value is -1.96. The van der Waals surface area contributed by atoms with Gasteiger partial charge in [-0.2, -0.15) is 0 Å². The summed E-state index contributed by atoms with van der Waals surface area (Å²) in [5.74, 6) is 1.07. The van der Waals surface area contributed by atoms with Crippen molar-refractivity contribution in [2.45, 2.75) is 13.8 Å². The van der Waals surface area contributed by atoms with Crippen molar-refractivity contribution in [2.75, 3.05) is 7.11 Å². The Bertz CT molecular complexity index is 545. The Labute approximate surface area is 101 Å². The summed E-state index contributed by atoms with van der Waals surface area (Å²) in [6.07, 6.45) is 0. The number of rotatable bonds is 2. The first kappa shape index (κ1) is 11.5. The maximum Gasteiger partial charge on any atom is 0.127 e. The molecule has 2 heteroatoms. The van der Waals surface area contributed by atoms with Crippen molar-refractivity contribution >= 4 is 0 Å². The van der Waals surface area contributed by atoms with Gasteiger partial charge in [0.1, 0.15) is 11.5 Å². The van der Waals surface area contributed by atoms with Crippen LogP contribution < -0.4 is 4.74 Å². The molecule has 2 aromatic rings. The van der Waals surface area contributed by atoms with Crippen molar-refractivity contribution < 1.29 is 9.84 Å². The Morgan fingerprint density at radius 2 is 1.76 bits per heavy atom. The van der Waals surface area contributed by atoms with Crippen LogP contribution in [-0.2, 0) is 0 Å². The fourth-order valence-corrected chi connectivity index (χ4v) is 2.12. The molecule has 0 aliphatic carbocycles. The van der Waals surface area contributed by atoms with Crippen LogP contribution in [0.5, 0.6) is 11.5 Å². The number of hydrogen-bond donors (Lipinski definition) is 1. The summed E-state index contributed by atoms with van der Waals surface area (Å²) in [6.45, 7) is 4.06. The van der Waals surface area contributed by atoms with Crippen molar-refractivity contribution in [1.82, 2.24) is 0 Å². The van der Waals surface area contributed by atoms with E-state index in [1.807, 2.05) is 38.1 Å². The van der Waals surface area contributed by atoms with Crippen LogP contribution in [0.2, 0.25) is 0 Å². The molecule has 2 nitrogen and oxygen atoms in total. The summed E-state index contributed by atoms with van der Waals surface area (Å²) in [7, 11) is 1.65. The second-order valence-electron chi connectivity index (χ2n) is 4.18. The van der Waals surface area contributed by atoms with Gasteiger partial charge in [-0.3, -0.25) is 0 Å². The standard InChI is InChI=1S/C15H16O2/c1-10-8-11(2)15(14(9-10)17-3)12-6-4-5-7-13(12)16/h4-9,16H,1-3H3. The molecule has 0 saturated heterocycles. The molecule has 0 unspecified atom stereocenters. The van der Waals surface area contributed by atoms with Crippen LogP contribution in [-0.4, -0.2) is 12.2 Å². The van der Waals surface area contributed by atoms with Gasteiger partial charge in [0.2, 0.25) is 0 Å². The highest BCUT2D eigenvalue weighted by molar-refractivity contribution is 5.78. The van der Waals surface area contributed by atoms with Gasteiger partial charge in [0.15, 0.2) is 0 Å². The molecule has 0 bridgehead atoms. The highest BCUT2D eigenvalue weighted by Gasteiger charge is 2.12. The van der Waals surface area contributed by atoms with E-state index in [1.165, 1.54) is 0 Å². The molecule has 2 rings (SSSR count). The van der Waals surface area contributed by atoms with Crippen LogP contribution in [0.15, 0.2) is 36.4 Å². The lowest BCUT2D eigenvalue weighted by molar-refractivity contribution is 0.415. The first-order chi connectivity index (χ1) is 8.13. The summed E-state index contributed by atoms with van der Waals surface area (Å²) in [5, 5.41) is 9.92. The van der Waals surface area contributed by atoms with Gasteiger partial charge in [-0.25, -0.2) is 0 Å². The topological polar surface area (TPSA) is 29.5 Å². The highest BCUT2D eigenvalue weighted by Crippen LogP contribution is 2.38. The van der Waals surface area contributed by atoms with Crippen LogP contribution in [0.4, 0.5) is 0 Å². The van der Waals surface area contributed by atoms with E-state index in [9.17, 15) is 5.11 Å². The van der Waals surface area contributed by atoms with Crippen molar-refractivity contribution in [3.63, 3.8) is 0 Å². The van der Waals surface area contributed by atoms with E-state index in [-0.39, 0.29) is 5.75 Å². The van der Waals surface area contributed by atoms with Crippen LogP contribution in [0, 0.1) is 13.8 Å². The van der Waals surface area contributed by atoms with Gasteiger partial charge in [0, 0.05) is 11.1 Å². The average Bonchev–Trinajstić information content (AvgIpc) is 2.29. The van der Waals surface area contributed by atoms with Gasteiger partial charge in [0.25, 0.3) is 0 Å². The maximum absolute atomic E-state index is 9.92. The van der Waals surface area contributed by atoms with Crippen molar-refractivity contribution in [2.24, 2.45) is 0 Å². The minimum atomic E-state index is 0.276. The SMILES string of the molecule is COc1cc(C)cc(C)c1-c1ccccc1O. The second kappa shape index (κ2) is 4.50. The van der Waals surface area contributed by atoms with Gasteiger partial charge in [0.05, 0.1) is 7.11 Å². The number of ether oxygens (including phenoxy) is 1. The number of para-hydroxylation sites is 1. The van der Waals surface area contributed by atoms with Gasteiger partial charge in [-0.1, -0.05) is 24.3 Å². The fraction of sp³-hybridized carbons (Fsp3) is 0.200. The number of phenols is 1. The third-order valence-corrected chi connectivity index (χ3v) is 2.84. The minimum absolute atomic E-state index is 0.276. The normalized spacial score (nSPS) is 10.3. The molecule has 2 aromatic carbocycles. The van der Waals surface area contributed by atoms with E-state index < -0.39 is 0 Å². The predicted molar refractivity (Wildman–Crippen MR) is 69.6 cm³/mol. The van der Waals surface area contributed by atoms with Gasteiger partial charge < -0.3 is 9.84 Å². The molecule has 0 aromatic heterocycles. The molecule has 0 radical (unpaired) electrons. The number of phenolic OH excluding ortho intramolecular Hbond substituents is 1. The van der Waals surface area contributed by atoms with Crippen LogP contribution in [0.3, 0.4) is 0 Å². The Balaban J connectivity index is 2.71. The van der Waals surface area contributed by atoms with Crippen LogP contribution in [0.1, 0.15) is 11.1 Å². The maximum atomic E-state index is 9.92. The lowest BCUT2D eigenvalue weighted by Crippen LogP contribution is -1.92. The largest absolute Gasteiger partial charge is 0.507 e. The summed E-state index contributed by atoms with van der Waals surface area (Å²) < 4.78 is 5.41. The monoisotopic (exact) mass is 228 g/mol. The van der Waals surface area contributed by atoms with Crippen molar-refractivity contribution in [1.29, 1.82) is 0 Å². The molecule has 0 atom stereocenters. The van der Waals surface area contributed by atoms with E-state index in [0.717, 1.165) is 28.0 Å². The molecule has 0 fully saturated rings. The summed E-state index contributed by atoms with van der Waals surface area (Å²) >= 11 is 0. The number of benzene rings is 2. The number of hydrogen-bond acceptors (Lipinski definition) is 2. The molecule has 0 heterocycles. The quantitative estimate of drug-likeness (QED) is 0.849. The molecule has 0 spiro atoms. The highest BCUT2D eigenvalue weighted by atomic mass is 16.5. The smallest absolute Gasteiger partial charge is 0.127 e. The van der Waals surface area contributed by atoms with E-state index in [4.69, 9.17) is 4.74 Å². The average molecular weight is 228 g/mol. The third kappa shape index (κ3) is 2.11. The first-order valence-corrected chi connectivity index (χ1v) is 5.57. The van der Waals surface area contributed by atoms with E-state index >= 15 is 0 Å². The van der Waals surface area contributed by atoms with Gasteiger partial charge in [-0.05, 0) is 37.1 Å². The first-order valence-electron chi connectivity index (χ1n) is 5.57. The Morgan fingerprint density at radius 1 is 1.06 bits per heavy atom. The van der Waals surface area contributed by atoms with Crippen molar-refractivity contribution in [3.05, 3.63) is 47.5 Å². The number of aryl methyl sites for hydroxylation is 2. The molecule has 0 amide bonds. The fourth-order valence-electron chi connectivity index (χ4n) is 2.12. The molecule has 1 N–H and O–H groups in total. The molecular formula is C15H16O2. The minimum Gasteiger partial charge on any atom is -0.507 e. The molecule has 17 heavy (non-hydrogen) atoms. The third-order valence-electron chi connectivity index (χ3n) is 2.84. The lowest BCUT2D eigenvalue weighted by atomic mass is 9.97. The van der Waals surface area contributed by atoms with E-state index in [1.54, 1.807) is 13.2 Å². The predicted octanol–water partition coefficient (Wildman–Crippen LogP) is 3.68. The van der Waals surface area contributed by atoms with E-state index in [2.05, 4.69) is 6.07 Å². The Morgan fingerprint density at radius 3 is 2.41 bits per heavy atom. The Kier molecular flexibility index (Phi) is 3.05.